The van der Waals surface area contributed by atoms with Crippen molar-refractivity contribution in [2.75, 3.05) is 20.3 Å². The van der Waals surface area contributed by atoms with Crippen molar-refractivity contribution >= 4 is 28.1 Å². The fourth-order valence-electron chi connectivity index (χ4n) is 3.87. The molecule has 190 valence electrons. The molecule has 8 nitrogen and oxygen atoms in total. The predicted molar refractivity (Wildman–Crippen MR) is 140 cm³/mol. The van der Waals surface area contributed by atoms with Crippen molar-refractivity contribution in [1.29, 1.82) is 0 Å². The van der Waals surface area contributed by atoms with Crippen LogP contribution in [0.25, 0.3) is 10.8 Å². The third kappa shape index (κ3) is 6.62. The number of aryl methyl sites for hydroxylation is 2. The molecule has 0 saturated heterocycles. The van der Waals surface area contributed by atoms with Gasteiger partial charge in [-0.15, -0.1) is 5.11 Å². The number of phenols is 2. The highest BCUT2D eigenvalue weighted by Gasteiger charge is 2.16. The molecule has 0 atom stereocenters. The Labute approximate surface area is 214 Å². The zero-order chi connectivity index (χ0) is 26.2. The van der Waals surface area contributed by atoms with Gasteiger partial charge in [-0.1, -0.05) is 36.4 Å². The smallest absolute Gasteiger partial charge is 0.308 e. The summed E-state index contributed by atoms with van der Waals surface area (Å²) in [5.74, 6) is 0.721. The lowest BCUT2D eigenvalue weighted by atomic mass is 10.0. The van der Waals surface area contributed by atoms with E-state index >= 15 is 0 Å². The first-order chi connectivity index (χ1) is 17.9. The van der Waals surface area contributed by atoms with Crippen molar-refractivity contribution in [2.24, 2.45) is 10.2 Å². The van der Waals surface area contributed by atoms with Crippen molar-refractivity contribution in [2.45, 2.75) is 19.8 Å². The van der Waals surface area contributed by atoms with Crippen LogP contribution in [0.1, 0.15) is 18.1 Å². The van der Waals surface area contributed by atoms with Gasteiger partial charge in [0.25, 0.3) is 0 Å². The number of carbonyl (C=O) groups excluding carboxylic acids is 1. The molecule has 0 saturated carbocycles. The molecule has 0 aromatic heterocycles. The molecule has 37 heavy (non-hydrogen) atoms. The van der Waals surface area contributed by atoms with Crippen LogP contribution in [0.4, 0.5) is 11.4 Å². The molecule has 0 heterocycles. The number of phenolic OH excluding ortho intramolecular Hbond substituents is 2. The van der Waals surface area contributed by atoms with Gasteiger partial charge in [0.1, 0.15) is 29.5 Å². The van der Waals surface area contributed by atoms with Gasteiger partial charge in [0, 0.05) is 30.9 Å². The average Bonchev–Trinajstić information content (AvgIpc) is 2.90. The number of aromatic hydroxyl groups is 2. The number of rotatable bonds is 10. The lowest BCUT2D eigenvalue weighted by Crippen LogP contribution is -2.06. The molecule has 0 amide bonds. The summed E-state index contributed by atoms with van der Waals surface area (Å²) in [6.45, 7) is 2.12. The van der Waals surface area contributed by atoms with Crippen LogP contribution < -0.4 is 9.47 Å². The molecule has 4 aromatic carbocycles. The van der Waals surface area contributed by atoms with Crippen molar-refractivity contribution in [3.8, 4) is 23.0 Å². The third-order valence-electron chi connectivity index (χ3n) is 5.68. The topological polar surface area (TPSA) is 110 Å². The van der Waals surface area contributed by atoms with Crippen molar-refractivity contribution in [3.63, 3.8) is 0 Å². The van der Waals surface area contributed by atoms with Crippen LogP contribution in [-0.2, 0) is 22.4 Å². The first-order valence-electron chi connectivity index (χ1n) is 11.8. The number of azo groups is 1. The van der Waals surface area contributed by atoms with E-state index < -0.39 is 5.97 Å². The fourth-order valence-corrected chi connectivity index (χ4v) is 3.87. The van der Waals surface area contributed by atoms with E-state index in [1.165, 1.54) is 19.1 Å². The van der Waals surface area contributed by atoms with E-state index in [1.807, 2.05) is 48.5 Å². The largest absolute Gasteiger partial charge is 0.508 e. The predicted octanol–water partition coefficient (Wildman–Crippen LogP) is 6.40. The monoisotopic (exact) mass is 500 g/mol. The number of fused-ring (bicyclic) bond motifs is 1. The Morgan fingerprint density at radius 3 is 2.35 bits per heavy atom. The molecule has 4 rings (SSSR count). The minimum absolute atomic E-state index is 0.123. The molecule has 2 N–H and O–H groups in total. The number of hydrogen-bond acceptors (Lipinski definition) is 8. The van der Waals surface area contributed by atoms with Gasteiger partial charge in [0.05, 0.1) is 12.3 Å². The molecule has 0 aliphatic heterocycles. The van der Waals surface area contributed by atoms with Gasteiger partial charge in [-0.05, 0) is 54.3 Å². The highest BCUT2D eigenvalue weighted by atomic mass is 16.5. The van der Waals surface area contributed by atoms with Crippen LogP contribution >= 0.6 is 0 Å². The molecule has 0 fully saturated rings. The van der Waals surface area contributed by atoms with Crippen molar-refractivity contribution < 1.29 is 29.2 Å². The molecule has 4 aromatic rings. The lowest BCUT2D eigenvalue weighted by Gasteiger charge is -2.14. The zero-order valence-corrected chi connectivity index (χ0v) is 20.7. The SMILES string of the molecule is COCCOc1cc(N=Nc2ccc(CCc3cc(O)ccc3O)cc2)c(OC(C)=O)c2ccccc12. The molecule has 0 radical (unpaired) electrons. The summed E-state index contributed by atoms with van der Waals surface area (Å²) in [5.41, 5.74) is 2.71. The van der Waals surface area contributed by atoms with Crippen LogP contribution in [-0.4, -0.2) is 36.5 Å². The molecular formula is C29H28N2O6. The zero-order valence-electron chi connectivity index (χ0n) is 20.7. The summed E-state index contributed by atoms with van der Waals surface area (Å²) in [7, 11) is 1.60. The maximum Gasteiger partial charge on any atom is 0.308 e. The van der Waals surface area contributed by atoms with Crippen LogP contribution in [0.5, 0.6) is 23.0 Å². The second kappa shape index (κ2) is 12.0. The molecule has 8 heteroatoms. The van der Waals surface area contributed by atoms with E-state index in [0.29, 0.717) is 59.9 Å². The van der Waals surface area contributed by atoms with Crippen molar-refractivity contribution in [3.05, 3.63) is 83.9 Å². The highest BCUT2D eigenvalue weighted by Crippen LogP contribution is 2.42. The van der Waals surface area contributed by atoms with E-state index in [-0.39, 0.29) is 11.5 Å². The van der Waals surface area contributed by atoms with Crippen LogP contribution in [0.15, 0.2) is 83.0 Å². The summed E-state index contributed by atoms with van der Waals surface area (Å²) >= 11 is 0. The Kier molecular flexibility index (Phi) is 8.33. The number of hydrogen-bond donors (Lipinski definition) is 2. The molecular weight excluding hydrogens is 472 g/mol. The number of esters is 1. The number of ether oxygens (including phenoxy) is 3. The molecule has 0 unspecified atom stereocenters. The van der Waals surface area contributed by atoms with E-state index in [9.17, 15) is 15.0 Å². The normalized spacial score (nSPS) is 11.2. The maximum atomic E-state index is 11.8. The minimum Gasteiger partial charge on any atom is -0.508 e. The second-order valence-corrected chi connectivity index (χ2v) is 8.38. The fraction of sp³-hybridized carbons (Fsp3) is 0.207. The Morgan fingerprint density at radius 1 is 0.865 bits per heavy atom. The Hall–Kier alpha value is -4.43. The highest BCUT2D eigenvalue weighted by molar-refractivity contribution is 5.98. The van der Waals surface area contributed by atoms with Gasteiger partial charge in [-0.2, -0.15) is 5.11 Å². The van der Waals surface area contributed by atoms with Gasteiger partial charge < -0.3 is 24.4 Å². The summed E-state index contributed by atoms with van der Waals surface area (Å²) in [6, 6.07) is 21.2. The van der Waals surface area contributed by atoms with Crippen molar-refractivity contribution in [1.82, 2.24) is 0 Å². The summed E-state index contributed by atoms with van der Waals surface area (Å²) in [5, 5.41) is 29.8. The van der Waals surface area contributed by atoms with Crippen LogP contribution in [0.2, 0.25) is 0 Å². The van der Waals surface area contributed by atoms with Gasteiger partial charge in [0.2, 0.25) is 0 Å². The first kappa shape index (κ1) is 25.7. The molecule has 0 aliphatic carbocycles. The van der Waals surface area contributed by atoms with E-state index in [1.54, 1.807) is 19.2 Å². The number of carbonyl (C=O) groups is 1. The second-order valence-electron chi connectivity index (χ2n) is 8.38. The van der Waals surface area contributed by atoms with E-state index in [4.69, 9.17) is 14.2 Å². The van der Waals surface area contributed by atoms with Gasteiger partial charge in [-0.25, -0.2) is 0 Å². The summed E-state index contributed by atoms with van der Waals surface area (Å²) < 4.78 is 16.5. The Morgan fingerprint density at radius 2 is 1.62 bits per heavy atom. The lowest BCUT2D eigenvalue weighted by molar-refractivity contribution is -0.131. The maximum absolute atomic E-state index is 11.8. The van der Waals surface area contributed by atoms with E-state index in [2.05, 4.69) is 10.2 Å². The number of benzene rings is 4. The van der Waals surface area contributed by atoms with Crippen LogP contribution in [0, 0.1) is 0 Å². The molecule has 0 spiro atoms. The third-order valence-corrected chi connectivity index (χ3v) is 5.68. The molecule has 0 aliphatic rings. The number of methoxy groups -OCH3 is 1. The summed E-state index contributed by atoms with van der Waals surface area (Å²) in [6.07, 6.45) is 1.26. The van der Waals surface area contributed by atoms with E-state index in [0.717, 1.165) is 10.9 Å². The van der Waals surface area contributed by atoms with Gasteiger partial charge in [-0.3, -0.25) is 4.79 Å². The Balaban J connectivity index is 1.57. The van der Waals surface area contributed by atoms with Gasteiger partial charge in [0.15, 0.2) is 5.75 Å². The minimum atomic E-state index is -0.461. The summed E-state index contributed by atoms with van der Waals surface area (Å²) in [4.78, 5) is 11.8. The Bertz CT molecular complexity index is 1420. The average molecular weight is 501 g/mol. The molecule has 0 bridgehead atoms. The standard InChI is InChI=1S/C29H28N2O6/c1-19(32)37-29-25-6-4-3-5-24(25)28(36-16-15-35-2)18-26(29)31-30-22-11-8-20(9-12-22)7-10-21-17-23(33)13-14-27(21)34/h3-6,8-9,11-14,17-18,33-34H,7,10,15-16H2,1-2H3. The van der Waals surface area contributed by atoms with Crippen LogP contribution in [0.3, 0.4) is 0 Å². The first-order valence-corrected chi connectivity index (χ1v) is 11.8. The quantitative estimate of drug-likeness (QED) is 0.0857. The van der Waals surface area contributed by atoms with Gasteiger partial charge >= 0.3 is 5.97 Å². The number of nitrogens with zero attached hydrogens (tertiary/aromatic N) is 2.